The average molecular weight is 277 g/mol. The van der Waals surface area contributed by atoms with Crippen molar-refractivity contribution >= 4 is 28.3 Å². The van der Waals surface area contributed by atoms with E-state index in [2.05, 4.69) is 46.4 Å². The number of nitrogens with one attached hydrogen (secondary N) is 1. The van der Waals surface area contributed by atoms with Gasteiger partial charge in [0.05, 0.1) is 0 Å². The molecule has 1 nitrogen and oxygen atoms in total. The van der Waals surface area contributed by atoms with Crippen LogP contribution in [-0.4, -0.2) is 6.54 Å². The fraction of sp³-hybridized carbons (Fsp3) is 0.455. The van der Waals surface area contributed by atoms with Crippen molar-refractivity contribution in [3.63, 3.8) is 0 Å². The normalized spacial score (nSPS) is 20.6. The molecule has 1 atom stereocenters. The minimum absolute atomic E-state index is 0. The van der Waals surface area contributed by atoms with Crippen LogP contribution in [0.3, 0.4) is 0 Å². The molecule has 1 N–H and O–H groups in total. The minimum atomic E-state index is 0. The van der Waals surface area contributed by atoms with Crippen molar-refractivity contribution in [1.82, 2.24) is 5.32 Å². The zero-order chi connectivity index (χ0) is 9.26. The molecule has 1 aromatic carbocycles. The zero-order valence-corrected chi connectivity index (χ0v) is 10.6. The lowest BCUT2D eigenvalue weighted by molar-refractivity contribution is 0.647. The van der Waals surface area contributed by atoms with Crippen LogP contribution in [0.2, 0.25) is 0 Å². The van der Waals surface area contributed by atoms with Gasteiger partial charge >= 0.3 is 0 Å². The van der Waals surface area contributed by atoms with E-state index in [1.54, 1.807) is 0 Å². The molecule has 3 heteroatoms. The topological polar surface area (TPSA) is 12.0 Å². The van der Waals surface area contributed by atoms with Gasteiger partial charge in [-0.15, -0.1) is 12.4 Å². The Kier molecular flexibility index (Phi) is 4.42. The molecule has 0 unspecified atom stereocenters. The van der Waals surface area contributed by atoms with Crippen molar-refractivity contribution in [1.29, 1.82) is 0 Å². The van der Waals surface area contributed by atoms with Crippen LogP contribution in [0.1, 0.15) is 30.0 Å². The Balaban J connectivity index is 0.000000980. The van der Waals surface area contributed by atoms with Crippen molar-refractivity contribution < 1.29 is 0 Å². The Morgan fingerprint density at radius 1 is 1.43 bits per heavy atom. The van der Waals surface area contributed by atoms with Gasteiger partial charge in [-0.3, -0.25) is 0 Å². The molecular formula is C11H15BrClN. The summed E-state index contributed by atoms with van der Waals surface area (Å²) < 4.78 is 1.22. The van der Waals surface area contributed by atoms with Crippen LogP contribution in [-0.2, 0) is 0 Å². The van der Waals surface area contributed by atoms with Crippen molar-refractivity contribution in [3.05, 3.63) is 33.8 Å². The number of benzene rings is 1. The second-order valence-corrected chi connectivity index (χ2v) is 4.51. The van der Waals surface area contributed by atoms with Crippen LogP contribution >= 0.6 is 28.3 Å². The third-order valence-electron chi connectivity index (χ3n) is 2.66. The van der Waals surface area contributed by atoms with E-state index in [0.29, 0.717) is 6.04 Å². The molecule has 1 heterocycles. The summed E-state index contributed by atoms with van der Waals surface area (Å²) in [6.07, 6.45) is 2.58. The van der Waals surface area contributed by atoms with Crippen molar-refractivity contribution in [2.45, 2.75) is 25.8 Å². The highest BCUT2D eigenvalue weighted by Crippen LogP contribution is 2.26. The molecule has 0 saturated carbocycles. The average Bonchev–Trinajstić information content (AvgIpc) is 2.62. The number of hydrogen-bond donors (Lipinski definition) is 1. The molecule has 0 spiro atoms. The first kappa shape index (κ1) is 12.0. The van der Waals surface area contributed by atoms with E-state index in [4.69, 9.17) is 0 Å². The summed E-state index contributed by atoms with van der Waals surface area (Å²) in [4.78, 5) is 0. The lowest BCUT2D eigenvalue weighted by Gasteiger charge is -2.11. The van der Waals surface area contributed by atoms with E-state index in [0.717, 1.165) is 6.54 Å². The summed E-state index contributed by atoms with van der Waals surface area (Å²) in [7, 11) is 0. The third-order valence-corrected chi connectivity index (χ3v) is 3.51. The van der Waals surface area contributed by atoms with Gasteiger partial charge in [-0.1, -0.05) is 28.1 Å². The van der Waals surface area contributed by atoms with Gasteiger partial charge in [-0.2, -0.15) is 0 Å². The highest BCUT2D eigenvalue weighted by atomic mass is 79.9. The Labute approximate surface area is 99.8 Å². The number of rotatable bonds is 1. The molecule has 2 rings (SSSR count). The van der Waals surface area contributed by atoms with Crippen LogP contribution in [0, 0.1) is 6.92 Å². The molecular weight excluding hydrogens is 261 g/mol. The maximum absolute atomic E-state index is 3.57. The maximum Gasteiger partial charge on any atom is 0.0321 e. The molecule has 0 aromatic heterocycles. The third kappa shape index (κ3) is 2.50. The Hall–Kier alpha value is -0.0500. The minimum Gasteiger partial charge on any atom is -0.310 e. The zero-order valence-electron chi connectivity index (χ0n) is 8.22. The van der Waals surface area contributed by atoms with E-state index < -0.39 is 0 Å². The molecule has 0 aliphatic carbocycles. The van der Waals surface area contributed by atoms with Crippen LogP contribution in [0.25, 0.3) is 0 Å². The van der Waals surface area contributed by atoms with Gasteiger partial charge in [0.25, 0.3) is 0 Å². The molecule has 1 saturated heterocycles. The quantitative estimate of drug-likeness (QED) is 0.826. The predicted molar refractivity (Wildman–Crippen MR) is 66.1 cm³/mol. The molecule has 1 fully saturated rings. The molecule has 14 heavy (non-hydrogen) atoms. The van der Waals surface area contributed by atoms with Gasteiger partial charge < -0.3 is 5.32 Å². The van der Waals surface area contributed by atoms with Crippen LogP contribution in [0.5, 0.6) is 0 Å². The lowest BCUT2D eigenvalue weighted by Crippen LogP contribution is -2.12. The highest BCUT2D eigenvalue weighted by Gasteiger charge is 2.16. The Morgan fingerprint density at radius 3 is 2.79 bits per heavy atom. The molecule has 1 aliphatic heterocycles. The first-order valence-corrected chi connectivity index (χ1v) is 5.56. The van der Waals surface area contributed by atoms with Gasteiger partial charge in [0, 0.05) is 10.5 Å². The van der Waals surface area contributed by atoms with Crippen molar-refractivity contribution in [2.75, 3.05) is 6.54 Å². The number of aryl methyl sites for hydroxylation is 1. The maximum atomic E-state index is 3.57. The second-order valence-electron chi connectivity index (χ2n) is 3.66. The molecule has 0 amide bonds. The monoisotopic (exact) mass is 275 g/mol. The summed E-state index contributed by atoms with van der Waals surface area (Å²) >= 11 is 3.57. The highest BCUT2D eigenvalue weighted by molar-refractivity contribution is 9.10. The number of hydrogen-bond acceptors (Lipinski definition) is 1. The fourth-order valence-corrected chi connectivity index (χ4v) is 2.19. The molecule has 0 bridgehead atoms. The summed E-state index contributed by atoms with van der Waals surface area (Å²) in [5.74, 6) is 0. The fourth-order valence-electron chi connectivity index (χ4n) is 1.79. The van der Waals surface area contributed by atoms with E-state index in [9.17, 15) is 0 Å². The summed E-state index contributed by atoms with van der Waals surface area (Å²) in [6.45, 7) is 3.28. The van der Waals surface area contributed by atoms with Gasteiger partial charge in [-0.05, 0) is 43.5 Å². The second kappa shape index (κ2) is 5.15. The SMILES string of the molecule is Cc1ccc([C@@H]2CCCN2)cc1Br.Cl. The van der Waals surface area contributed by atoms with Crippen LogP contribution in [0.15, 0.2) is 22.7 Å². The van der Waals surface area contributed by atoms with Gasteiger partial charge in [0.1, 0.15) is 0 Å². The summed E-state index contributed by atoms with van der Waals surface area (Å²) in [6, 6.07) is 7.22. The van der Waals surface area contributed by atoms with E-state index in [1.165, 1.54) is 28.4 Å². The largest absolute Gasteiger partial charge is 0.310 e. The van der Waals surface area contributed by atoms with Gasteiger partial charge in [-0.25, -0.2) is 0 Å². The Morgan fingerprint density at radius 2 is 2.21 bits per heavy atom. The van der Waals surface area contributed by atoms with Crippen LogP contribution < -0.4 is 5.32 Å². The molecule has 78 valence electrons. The van der Waals surface area contributed by atoms with Crippen molar-refractivity contribution in [2.24, 2.45) is 0 Å². The van der Waals surface area contributed by atoms with E-state index in [1.807, 2.05) is 0 Å². The van der Waals surface area contributed by atoms with Crippen LogP contribution in [0.4, 0.5) is 0 Å². The molecule has 0 radical (unpaired) electrons. The summed E-state index contributed by atoms with van der Waals surface area (Å²) in [5.41, 5.74) is 2.72. The van der Waals surface area contributed by atoms with Crippen molar-refractivity contribution in [3.8, 4) is 0 Å². The lowest BCUT2D eigenvalue weighted by atomic mass is 10.0. The first-order valence-electron chi connectivity index (χ1n) is 4.77. The first-order chi connectivity index (χ1) is 6.27. The predicted octanol–water partition coefficient (Wildman–Crippen LogP) is 3.60. The summed E-state index contributed by atoms with van der Waals surface area (Å²) in [5, 5.41) is 3.50. The standard InChI is InChI=1S/C11H14BrN.ClH/c1-8-4-5-9(7-10(8)12)11-3-2-6-13-11;/h4-5,7,11,13H,2-3,6H2,1H3;1H/t11-;/m0./s1. The smallest absolute Gasteiger partial charge is 0.0321 e. The van der Waals surface area contributed by atoms with Gasteiger partial charge in [0.15, 0.2) is 0 Å². The molecule has 1 aromatic rings. The van der Waals surface area contributed by atoms with Gasteiger partial charge in [0.2, 0.25) is 0 Å². The molecule has 1 aliphatic rings. The number of halogens is 2. The Bertz CT molecular complexity index is 308. The van der Waals surface area contributed by atoms with E-state index in [-0.39, 0.29) is 12.4 Å². The van der Waals surface area contributed by atoms with E-state index >= 15 is 0 Å².